The van der Waals surface area contributed by atoms with E-state index in [0.29, 0.717) is 5.75 Å². The van der Waals surface area contributed by atoms with E-state index in [1.807, 2.05) is 38.1 Å². The maximum Gasteiger partial charge on any atom is 0.259 e. The van der Waals surface area contributed by atoms with Gasteiger partial charge in [0.2, 0.25) is 0 Å². The van der Waals surface area contributed by atoms with E-state index in [1.165, 1.54) is 0 Å². The Morgan fingerprint density at radius 1 is 1.26 bits per heavy atom. The number of carbonyl (C=O) groups excluding carboxylic acids is 1. The quantitative estimate of drug-likeness (QED) is 0.792. The van der Waals surface area contributed by atoms with E-state index in [0.717, 1.165) is 16.3 Å². The van der Waals surface area contributed by atoms with Gasteiger partial charge in [-0.05, 0) is 37.1 Å². The van der Waals surface area contributed by atoms with Crippen LogP contribution in [-0.2, 0) is 10.2 Å². The van der Waals surface area contributed by atoms with Crippen LogP contribution in [0.15, 0.2) is 29.6 Å². The molecule has 0 fully saturated rings. The van der Waals surface area contributed by atoms with Gasteiger partial charge in [-0.25, -0.2) is 4.98 Å². The molecular weight excluding hydrogens is 358 g/mol. The molecule has 0 radical (unpaired) electrons. The summed E-state index contributed by atoms with van der Waals surface area (Å²) in [6, 6.07) is 9.68. The van der Waals surface area contributed by atoms with Crippen LogP contribution in [0.2, 0.25) is 0 Å². The molecule has 5 nitrogen and oxygen atoms in total. The van der Waals surface area contributed by atoms with Crippen molar-refractivity contribution in [3.8, 4) is 22.4 Å². The van der Waals surface area contributed by atoms with E-state index in [4.69, 9.17) is 9.72 Å². The van der Waals surface area contributed by atoms with Crippen molar-refractivity contribution < 1.29 is 9.53 Å². The van der Waals surface area contributed by atoms with Gasteiger partial charge in [0.25, 0.3) is 5.91 Å². The molecule has 0 aliphatic rings. The van der Waals surface area contributed by atoms with E-state index in [-0.39, 0.29) is 23.8 Å². The lowest BCUT2D eigenvalue weighted by molar-refractivity contribution is -0.124. The molecule has 1 aromatic carbocycles. The van der Waals surface area contributed by atoms with Gasteiger partial charge in [0.1, 0.15) is 16.3 Å². The highest BCUT2D eigenvalue weighted by molar-refractivity contribution is 7.13. The van der Waals surface area contributed by atoms with Crippen LogP contribution in [0.4, 0.5) is 0 Å². The summed E-state index contributed by atoms with van der Waals surface area (Å²) in [4.78, 5) is 16.8. The Labute approximate surface area is 165 Å². The third-order valence-corrected chi connectivity index (χ3v) is 5.42. The summed E-state index contributed by atoms with van der Waals surface area (Å²) in [6.45, 7) is 11.8. The van der Waals surface area contributed by atoms with Gasteiger partial charge in [0.05, 0.1) is 11.8 Å². The van der Waals surface area contributed by atoms with Crippen molar-refractivity contribution in [2.75, 3.05) is 6.61 Å². The molecule has 1 atom stereocenters. The summed E-state index contributed by atoms with van der Waals surface area (Å²) in [7, 11) is 0. The Balaban J connectivity index is 1.97. The molecular formula is C21H27N3O2S. The maximum absolute atomic E-state index is 12.1. The van der Waals surface area contributed by atoms with Crippen LogP contribution in [0.5, 0.6) is 5.75 Å². The number of hydrogen-bond acceptors (Lipinski definition) is 5. The summed E-state index contributed by atoms with van der Waals surface area (Å²) in [6.07, 6.45) is 0. The average Bonchev–Trinajstić information content (AvgIpc) is 3.10. The Kier molecular flexibility index (Phi) is 6.27. The lowest BCUT2D eigenvalue weighted by atomic mass is 9.90. The third kappa shape index (κ3) is 5.30. The smallest absolute Gasteiger partial charge is 0.259 e. The number of nitriles is 1. The average molecular weight is 386 g/mol. The zero-order valence-corrected chi connectivity index (χ0v) is 17.6. The van der Waals surface area contributed by atoms with Crippen LogP contribution in [0.3, 0.4) is 0 Å². The number of thiazole rings is 1. The second kappa shape index (κ2) is 8.10. The summed E-state index contributed by atoms with van der Waals surface area (Å²) in [5.74, 6) is 0.290. The Morgan fingerprint density at radius 3 is 2.37 bits per heavy atom. The van der Waals surface area contributed by atoms with Crippen LogP contribution in [0.1, 0.15) is 47.2 Å². The zero-order valence-electron chi connectivity index (χ0n) is 16.8. The minimum absolute atomic E-state index is 0.00187. The topological polar surface area (TPSA) is 75.0 Å². The van der Waals surface area contributed by atoms with Crippen molar-refractivity contribution in [3.05, 3.63) is 35.3 Å². The van der Waals surface area contributed by atoms with Crippen LogP contribution in [-0.4, -0.2) is 23.0 Å². The first kappa shape index (κ1) is 20.9. The third-order valence-electron chi connectivity index (χ3n) is 4.53. The molecule has 1 amide bonds. The number of amides is 1. The van der Waals surface area contributed by atoms with Gasteiger partial charge in [-0.2, -0.15) is 5.26 Å². The summed E-state index contributed by atoms with van der Waals surface area (Å²) in [5, 5.41) is 15.1. The second-order valence-corrected chi connectivity index (χ2v) is 8.98. The molecule has 1 heterocycles. The zero-order chi connectivity index (χ0) is 20.2. The highest BCUT2D eigenvalue weighted by Crippen LogP contribution is 2.30. The number of rotatable bonds is 6. The molecule has 0 saturated heterocycles. The minimum Gasteiger partial charge on any atom is -0.484 e. The van der Waals surface area contributed by atoms with Crippen molar-refractivity contribution in [3.63, 3.8) is 0 Å². The van der Waals surface area contributed by atoms with Crippen LogP contribution in [0, 0.1) is 17.2 Å². The fourth-order valence-electron chi connectivity index (χ4n) is 2.22. The fraction of sp³-hybridized carbons (Fsp3) is 0.476. The van der Waals surface area contributed by atoms with Crippen molar-refractivity contribution in [2.24, 2.45) is 5.92 Å². The largest absolute Gasteiger partial charge is 0.484 e. The van der Waals surface area contributed by atoms with Gasteiger partial charge in [0.15, 0.2) is 6.61 Å². The summed E-state index contributed by atoms with van der Waals surface area (Å²) in [5.41, 5.74) is 1.22. The van der Waals surface area contributed by atoms with Crippen LogP contribution in [0.25, 0.3) is 10.6 Å². The molecule has 0 unspecified atom stereocenters. The highest BCUT2D eigenvalue weighted by atomic mass is 32.1. The van der Waals surface area contributed by atoms with Gasteiger partial charge >= 0.3 is 0 Å². The lowest BCUT2D eigenvalue weighted by Gasteiger charge is -2.27. The van der Waals surface area contributed by atoms with E-state index >= 15 is 0 Å². The van der Waals surface area contributed by atoms with E-state index < -0.39 is 5.54 Å². The molecule has 27 heavy (non-hydrogen) atoms. The minimum atomic E-state index is -0.903. The molecule has 0 aliphatic carbocycles. The van der Waals surface area contributed by atoms with E-state index in [2.05, 4.69) is 37.5 Å². The van der Waals surface area contributed by atoms with E-state index in [1.54, 1.807) is 18.3 Å². The first-order valence-corrected chi connectivity index (χ1v) is 9.84. The number of ether oxygens (including phenoxy) is 1. The maximum atomic E-state index is 12.1. The number of hydrogen-bond donors (Lipinski definition) is 1. The number of carbonyl (C=O) groups is 1. The van der Waals surface area contributed by atoms with E-state index in [9.17, 15) is 10.1 Å². The number of aromatic nitrogens is 1. The van der Waals surface area contributed by atoms with Crippen molar-refractivity contribution in [2.45, 2.75) is 52.5 Å². The molecule has 1 N–H and O–H groups in total. The van der Waals surface area contributed by atoms with Gasteiger partial charge < -0.3 is 10.1 Å². The highest BCUT2D eigenvalue weighted by Gasteiger charge is 2.30. The number of benzene rings is 1. The van der Waals surface area contributed by atoms with Crippen LogP contribution < -0.4 is 10.1 Å². The Bertz CT molecular complexity index is 828. The normalized spacial score (nSPS) is 13.7. The fourth-order valence-corrected chi connectivity index (χ4v) is 3.27. The SMILES string of the molecule is CC(C)[C@@](C)(C#N)NC(=O)COc1ccc(-c2nc(C(C)(C)C)cs2)cc1. The van der Waals surface area contributed by atoms with Gasteiger partial charge in [-0.1, -0.05) is 34.6 Å². The molecule has 0 spiro atoms. The van der Waals surface area contributed by atoms with Gasteiger partial charge in [-0.15, -0.1) is 11.3 Å². The van der Waals surface area contributed by atoms with Gasteiger partial charge in [-0.3, -0.25) is 4.79 Å². The molecule has 0 aliphatic heterocycles. The molecule has 6 heteroatoms. The van der Waals surface area contributed by atoms with Crippen molar-refractivity contribution in [1.82, 2.24) is 10.3 Å². The Morgan fingerprint density at radius 2 is 1.89 bits per heavy atom. The number of nitrogens with zero attached hydrogens (tertiary/aromatic N) is 2. The standard InChI is InChI=1S/C21H27N3O2S/c1-14(2)21(6,13-22)24-18(25)11-26-16-9-7-15(8-10-16)19-23-17(12-27-19)20(3,4)5/h7-10,12,14H,11H2,1-6H3,(H,24,25)/t21-/m1/s1. The Hall–Kier alpha value is -2.39. The molecule has 1 aromatic heterocycles. The monoisotopic (exact) mass is 385 g/mol. The van der Waals surface area contributed by atoms with Crippen molar-refractivity contribution >= 4 is 17.2 Å². The van der Waals surface area contributed by atoms with Crippen LogP contribution >= 0.6 is 11.3 Å². The molecule has 2 rings (SSSR count). The first-order chi connectivity index (χ1) is 12.5. The lowest BCUT2D eigenvalue weighted by Crippen LogP contribution is -2.50. The van der Waals surface area contributed by atoms with Crippen molar-refractivity contribution in [1.29, 1.82) is 5.26 Å². The number of nitrogens with one attached hydrogen (secondary N) is 1. The molecule has 144 valence electrons. The molecule has 0 bridgehead atoms. The first-order valence-electron chi connectivity index (χ1n) is 8.96. The summed E-state index contributed by atoms with van der Waals surface area (Å²) >= 11 is 1.62. The predicted octanol–water partition coefficient (Wildman–Crippen LogP) is 4.54. The molecule has 2 aromatic rings. The second-order valence-electron chi connectivity index (χ2n) is 8.12. The predicted molar refractivity (Wildman–Crippen MR) is 109 cm³/mol. The molecule has 0 saturated carbocycles. The van der Waals surface area contributed by atoms with Gasteiger partial charge in [0, 0.05) is 16.4 Å². The summed E-state index contributed by atoms with van der Waals surface area (Å²) < 4.78 is 5.55.